The summed E-state index contributed by atoms with van der Waals surface area (Å²) < 4.78 is 5.15. The van der Waals surface area contributed by atoms with Gasteiger partial charge in [-0.25, -0.2) is 4.98 Å². The molecule has 80 valence electrons. The molecule has 0 aliphatic rings. The Hall–Kier alpha value is -1.42. The van der Waals surface area contributed by atoms with Crippen LogP contribution in [0, 0.1) is 20.8 Å². The van der Waals surface area contributed by atoms with E-state index in [0.717, 1.165) is 23.2 Å². The fraction of sp³-hybridized carbons (Fsp3) is 0.455. The molecule has 4 heteroatoms. The monoisotopic (exact) mass is 205 g/mol. The highest BCUT2D eigenvalue weighted by molar-refractivity contribution is 5.81. The minimum atomic E-state index is 0.628. The average Bonchev–Trinajstić information content (AvgIpc) is 2.54. The zero-order valence-corrected chi connectivity index (χ0v) is 9.29. The fourth-order valence-corrected chi connectivity index (χ4v) is 2.02. The molecule has 0 aliphatic heterocycles. The number of hydrogen-bond donors (Lipinski definition) is 1. The van der Waals surface area contributed by atoms with Crippen LogP contribution >= 0.6 is 0 Å². The highest BCUT2D eigenvalue weighted by Crippen LogP contribution is 2.25. The van der Waals surface area contributed by atoms with Gasteiger partial charge in [0.2, 0.25) is 0 Å². The molecule has 0 amide bonds. The van der Waals surface area contributed by atoms with Gasteiger partial charge in [-0.3, -0.25) is 0 Å². The highest BCUT2D eigenvalue weighted by Gasteiger charge is 2.14. The van der Waals surface area contributed by atoms with E-state index in [0.29, 0.717) is 12.3 Å². The summed E-state index contributed by atoms with van der Waals surface area (Å²) in [6.45, 7) is 6.63. The zero-order chi connectivity index (χ0) is 11.0. The number of rotatable bonds is 2. The van der Waals surface area contributed by atoms with Gasteiger partial charge >= 0.3 is 0 Å². The van der Waals surface area contributed by atoms with Gasteiger partial charge < -0.3 is 10.3 Å². The molecule has 0 saturated heterocycles. The van der Waals surface area contributed by atoms with Crippen LogP contribution in [0.2, 0.25) is 0 Å². The molecule has 0 atom stereocenters. The van der Waals surface area contributed by atoms with Crippen LogP contribution in [0.5, 0.6) is 0 Å². The van der Waals surface area contributed by atoms with E-state index in [-0.39, 0.29) is 0 Å². The molecular formula is C11H15N3O. The van der Waals surface area contributed by atoms with Gasteiger partial charge in [0.05, 0.1) is 11.1 Å². The summed E-state index contributed by atoms with van der Waals surface area (Å²) in [4.78, 5) is 4.39. The Bertz CT molecular complexity index is 502. The van der Waals surface area contributed by atoms with Crippen molar-refractivity contribution in [1.82, 2.24) is 10.1 Å². The maximum atomic E-state index is 5.59. The molecule has 0 unspecified atom stereocenters. The third-order valence-corrected chi connectivity index (χ3v) is 2.77. The topological polar surface area (TPSA) is 64.9 Å². The third kappa shape index (κ3) is 1.51. The highest BCUT2D eigenvalue weighted by atomic mass is 16.5. The minimum Gasteiger partial charge on any atom is -0.336 e. The maximum Gasteiger partial charge on any atom is 0.258 e. The Morgan fingerprint density at radius 3 is 2.60 bits per heavy atom. The number of aryl methyl sites for hydroxylation is 3. The summed E-state index contributed by atoms with van der Waals surface area (Å²) in [6, 6.07) is 0. The van der Waals surface area contributed by atoms with Crippen molar-refractivity contribution in [3.8, 4) is 0 Å². The standard InChI is InChI=1S/C11H15N3O/c1-6-9(4-5-12)7(2)13-11-10(6)8(3)14-15-11/h4-5,12H2,1-3H3. The van der Waals surface area contributed by atoms with Crippen molar-refractivity contribution in [2.24, 2.45) is 5.73 Å². The van der Waals surface area contributed by atoms with Gasteiger partial charge in [-0.05, 0) is 44.9 Å². The van der Waals surface area contributed by atoms with Crippen LogP contribution in [0.4, 0.5) is 0 Å². The van der Waals surface area contributed by atoms with E-state index in [4.69, 9.17) is 10.3 Å². The zero-order valence-electron chi connectivity index (χ0n) is 9.29. The Morgan fingerprint density at radius 1 is 1.20 bits per heavy atom. The van der Waals surface area contributed by atoms with Crippen LogP contribution in [-0.4, -0.2) is 16.7 Å². The van der Waals surface area contributed by atoms with Gasteiger partial charge in [-0.2, -0.15) is 0 Å². The van der Waals surface area contributed by atoms with Crippen LogP contribution in [-0.2, 0) is 6.42 Å². The Balaban J connectivity index is 2.75. The van der Waals surface area contributed by atoms with Gasteiger partial charge in [-0.15, -0.1) is 0 Å². The van der Waals surface area contributed by atoms with Crippen molar-refractivity contribution < 1.29 is 4.52 Å². The van der Waals surface area contributed by atoms with Crippen LogP contribution < -0.4 is 5.73 Å². The normalized spacial score (nSPS) is 11.2. The second-order valence-corrected chi connectivity index (χ2v) is 3.79. The molecule has 0 radical (unpaired) electrons. The molecule has 2 heterocycles. The average molecular weight is 205 g/mol. The van der Waals surface area contributed by atoms with Gasteiger partial charge in [-0.1, -0.05) is 5.16 Å². The van der Waals surface area contributed by atoms with E-state index < -0.39 is 0 Å². The smallest absolute Gasteiger partial charge is 0.258 e. The number of pyridine rings is 1. The Labute approximate surface area is 88.5 Å². The predicted molar refractivity (Wildman–Crippen MR) is 58.8 cm³/mol. The molecule has 0 spiro atoms. The summed E-state index contributed by atoms with van der Waals surface area (Å²) in [5.74, 6) is 0. The second kappa shape index (κ2) is 3.62. The molecule has 0 fully saturated rings. The summed E-state index contributed by atoms with van der Waals surface area (Å²) >= 11 is 0. The number of nitrogens with zero attached hydrogens (tertiary/aromatic N) is 2. The molecule has 2 N–H and O–H groups in total. The minimum absolute atomic E-state index is 0.628. The van der Waals surface area contributed by atoms with E-state index in [9.17, 15) is 0 Å². The van der Waals surface area contributed by atoms with Crippen molar-refractivity contribution in [2.45, 2.75) is 27.2 Å². The van der Waals surface area contributed by atoms with Crippen LogP contribution in [0.25, 0.3) is 11.1 Å². The number of nitrogens with two attached hydrogens (primary N) is 1. The Kier molecular flexibility index (Phi) is 2.44. The molecule has 0 aliphatic carbocycles. The Morgan fingerprint density at radius 2 is 1.93 bits per heavy atom. The summed E-state index contributed by atoms with van der Waals surface area (Å²) in [5, 5.41) is 4.96. The molecule has 4 nitrogen and oxygen atoms in total. The van der Waals surface area contributed by atoms with Crippen LogP contribution in [0.3, 0.4) is 0 Å². The van der Waals surface area contributed by atoms with E-state index in [1.54, 1.807) is 0 Å². The first kappa shape index (κ1) is 10.1. The van der Waals surface area contributed by atoms with Crippen molar-refractivity contribution in [3.63, 3.8) is 0 Å². The van der Waals surface area contributed by atoms with Crippen molar-refractivity contribution >= 4 is 11.1 Å². The first-order chi connectivity index (χ1) is 7.15. The van der Waals surface area contributed by atoms with E-state index in [1.165, 1.54) is 11.1 Å². The van der Waals surface area contributed by atoms with Crippen molar-refractivity contribution in [1.29, 1.82) is 0 Å². The van der Waals surface area contributed by atoms with E-state index in [2.05, 4.69) is 17.1 Å². The maximum absolute atomic E-state index is 5.59. The number of aromatic nitrogens is 2. The summed E-state index contributed by atoms with van der Waals surface area (Å²) in [7, 11) is 0. The van der Waals surface area contributed by atoms with Crippen LogP contribution in [0.1, 0.15) is 22.5 Å². The lowest BCUT2D eigenvalue weighted by Gasteiger charge is -2.08. The molecule has 2 rings (SSSR count). The summed E-state index contributed by atoms with van der Waals surface area (Å²) in [6.07, 6.45) is 0.852. The molecule has 0 saturated carbocycles. The molecular weight excluding hydrogens is 190 g/mol. The molecule has 2 aromatic rings. The third-order valence-electron chi connectivity index (χ3n) is 2.77. The first-order valence-electron chi connectivity index (χ1n) is 5.07. The first-order valence-corrected chi connectivity index (χ1v) is 5.07. The largest absolute Gasteiger partial charge is 0.336 e. The lowest BCUT2D eigenvalue weighted by molar-refractivity contribution is 0.442. The predicted octanol–water partition coefficient (Wildman–Crippen LogP) is 1.65. The van der Waals surface area contributed by atoms with Crippen LogP contribution in [0.15, 0.2) is 4.52 Å². The van der Waals surface area contributed by atoms with Gasteiger partial charge in [0.1, 0.15) is 0 Å². The quantitative estimate of drug-likeness (QED) is 0.809. The molecule has 15 heavy (non-hydrogen) atoms. The molecule has 0 bridgehead atoms. The van der Waals surface area contributed by atoms with Gasteiger partial charge in [0, 0.05) is 5.69 Å². The van der Waals surface area contributed by atoms with E-state index >= 15 is 0 Å². The lowest BCUT2D eigenvalue weighted by Crippen LogP contribution is -2.07. The number of hydrogen-bond acceptors (Lipinski definition) is 4. The van der Waals surface area contributed by atoms with Gasteiger partial charge in [0.15, 0.2) is 0 Å². The molecule has 2 aromatic heterocycles. The molecule has 0 aromatic carbocycles. The number of fused-ring (bicyclic) bond motifs is 1. The van der Waals surface area contributed by atoms with E-state index in [1.807, 2.05) is 13.8 Å². The lowest BCUT2D eigenvalue weighted by atomic mass is 10.0. The van der Waals surface area contributed by atoms with Gasteiger partial charge in [0.25, 0.3) is 5.71 Å². The second-order valence-electron chi connectivity index (χ2n) is 3.79. The fourth-order valence-electron chi connectivity index (χ4n) is 2.02. The SMILES string of the molecule is Cc1nc2onc(C)c2c(C)c1CCN. The van der Waals surface area contributed by atoms with Crippen molar-refractivity contribution in [3.05, 3.63) is 22.5 Å². The summed E-state index contributed by atoms with van der Waals surface area (Å²) in [5.41, 5.74) is 10.5. The van der Waals surface area contributed by atoms with Crippen molar-refractivity contribution in [2.75, 3.05) is 6.54 Å².